The van der Waals surface area contributed by atoms with E-state index in [0.717, 1.165) is 92.2 Å². The molecule has 4 aromatic rings. The summed E-state index contributed by atoms with van der Waals surface area (Å²) >= 11 is 1.72. The van der Waals surface area contributed by atoms with E-state index in [-0.39, 0.29) is 22.9 Å². The highest BCUT2D eigenvalue weighted by Crippen LogP contribution is 2.42. The molecule has 0 bridgehead atoms. The minimum Gasteiger partial charge on any atom is -0.440 e. The summed E-state index contributed by atoms with van der Waals surface area (Å²) in [5, 5.41) is 6.21. The lowest BCUT2D eigenvalue weighted by atomic mass is 10.0. The number of ketones is 1. The number of hydrogen-bond donors (Lipinski definition) is 1. The van der Waals surface area contributed by atoms with Crippen LogP contribution in [-0.4, -0.2) is 51.5 Å². The Labute approximate surface area is 247 Å². The van der Waals surface area contributed by atoms with Gasteiger partial charge in [0.1, 0.15) is 5.65 Å². The van der Waals surface area contributed by atoms with Crippen molar-refractivity contribution in [2.45, 2.75) is 52.0 Å². The first kappa shape index (κ1) is 26.9. The zero-order chi connectivity index (χ0) is 28.8. The van der Waals surface area contributed by atoms with E-state index >= 15 is 0 Å². The van der Waals surface area contributed by atoms with Crippen molar-refractivity contribution in [3.05, 3.63) is 74.2 Å². The van der Waals surface area contributed by atoms with E-state index in [1.54, 1.807) is 29.0 Å². The van der Waals surface area contributed by atoms with Gasteiger partial charge in [0.25, 0.3) is 5.56 Å². The summed E-state index contributed by atoms with van der Waals surface area (Å²) in [6.45, 7) is 6.38. The van der Waals surface area contributed by atoms with Crippen molar-refractivity contribution in [3.8, 4) is 16.9 Å². The van der Waals surface area contributed by atoms with Gasteiger partial charge in [-0.2, -0.15) is 4.98 Å². The quantitative estimate of drug-likeness (QED) is 0.276. The Hall–Kier alpha value is -4.02. The maximum atomic E-state index is 13.5. The smallest absolute Gasteiger partial charge is 0.263 e. The van der Waals surface area contributed by atoms with Gasteiger partial charge in [0, 0.05) is 53.8 Å². The topological polar surface area (TPSA) is 98.6 Å². The summed E-state index contributed by atoms with van der Waals surface area (Å²) in [6, 6.07) is 8.18. The summed E-state index contributed by atoms with van der Waals surface area (Å²) < 4.78 is 13.7. The second-order valence-corrected chi connectivity index (χ2v) is 12.1. The van der Waals surface area contributed by atoms with Crippen LogP contribution in [0.15, 0.2) is 52.6 Å². The van der Waals surface area contributed by atoms with Crippen LogP contribution < -0.4 is 15.6 Å². The second-order valence-electron chi connectivity index (χ2n) is 11.2. The minimum atomic E-state index is -0.249. The fourth-order valence-electron chi connectivity index (χ4n) is 6.31. The van der Waals surface area contributed by atoms with E-state index in [4.69, 9.17) is 14.5 Å². The second kappa shape index (κ2) is 11.0. The number of allylic oxidation sites excluding steroid dienone is 1. The van der Waals surface area contributed by atoms with Crippen molar-refractivity contribution in [2.75, 3.05) is 31.6 Å². The van der Waals surface area contributed by atoms with Gasteiger partial charge in [0.2, 0.25) is 5.95 Å². The molecular formula is C32H33N5O4S. The average molecular weight is 584 g/mol. The Morgan fingerprint density at radius 1 is 1.12 bits per heavy atom. The molecule has 1 saturated heterocycles. The molecule has 1 aliphatic carbocycles. The normalized spacial score (nSPS) is 17.2. The van der Waals surface area contributed by atoms with E-state index < -0.39 is 0 Å². The molecule has 1 N–H and O–H groups in total. The fourth-order valence-corrected chi connectivity index (χ4v) is 7.26. The van der Waals surface area contributed by atoms with Crippen molar-refractivity contribution in [2.24, 2.45) is 0 Å². The number of hydrogen-bond acceptors (Lipinski definition) is 9. The molecular weight excluding hydrogens is 550 g/mol. The molecule has 0 atom stereocenters. The van der Waals surface area contributed by atoms with E-state index in [0.29, 0.717) is 17.2 Å². The first-order chi connectivity index (χ1) is 20.5. The number of rotatable bonds is 6. The Kier molecular flexibility index (Phi) is 7.03. The highest BCUT2D eigenvalue weighted by Gasteiger charge is 2.27. The molecule has 3 aromatic heterocycles. The van der Waals surface area contributed by atoms with Crippen LogP contribution in [-0.2, 0) is 11.2 Å². The Morgan fingerprint density at radius 2 is 1.88 bits per heavy atom. The number of carbonyl (C=O) groups is 1. The SMILES string of the molecule is CC(=O)c1c(C)c2cnc(Nc3ccc(-c4csc5c4OC(N4CCOCC4)=CC5)cc3)nc2n(C2CCCC2)c1=O. The van der Waals surface area contributed by atoms with Crippen LogP contribution >= 0.6 is 11.3 Å². The van der Waals surface area contributed by atoms with Crippen LogP contribution in [0.5, 0.6) is 5.75 Å². The number of thiophene rings is 1. The number of aryl methyl sites for hydroxylation is 1. The largest absolute Gasteiger partial charge is 0.440 e. The molecule has 7 rings (SSSR count). The number of pyridine rings is 1. The predicted octanol–water partition coefficient (Wildman–Crippen LogP) is 6.00. The van der Waals surface area contributed by atoms with Crippen molar-refractivity contribution in [1.29, 1.82) is 0 Å². The van der Waals surface area contributed by atoms with Gasteiger partial charge in [-0.3, -0.25) is 14.2 Å². The van der Waals surface area contributed by atoms with E-state index in [2.05, 4.69) is 38.8 Å². The van der Waals surface area contributed by atoms with Crippen LogP contribution in [0.1, 0.15) is 59.4 Å². The summed E-state index contributed by atoms with van der Waals surface area (Å²) in [4.78, 5) is 38.8. The number of benzene rings is 1. The number of carbonyl (C=O) groups excluding carboxylic acids is 1. The summed E-state index contributed by atoms with van der Waals surface area (Å²) in [6.07, 6.45) is 8.69. The van der Waals surface area contributed by atoms with Gasteiger partial charge >= 0.3 is 0 Å². The number of anilines is 2. The number of ether oxygens (including phenoxy) is 2. The molecule has 10 heteroatoms. The lowest BCUT2D eigenvalue weighted by Crippen LogP contribution is -2.37. The third-order valence-electron chi connectivity index (χ3n) is 8.51. The molecule has 3 aliphatic rings. The van der Waals surface area contributed by atoms with Crippen molar-refractivity contribution < 1.29 is 14.3 Å². The maximum absolute atomic E-state index is 13.5. The Balaban J connectivity index is 1.16. The summed E-state index contributed by atoms with van der Waals surface area (Å²) in [7, 11) is 0. The number of nitrogens with zero attached hydrogens (tertiary/aromatic N) is 4. The van der Waals surface area contributed by atoms with Crippen LogP contribution in [0.4, 0.5) is 11.6 Å². The third-order valence-corrected chi connectivity index (χ3v) is 9.50. The van der Waals surface area contributed by atoms with Gasteiger partial charge in [-0.25, -0.2) is 4.98 Å². The molecule has 2 aliphatic heterocycles. The van der Waals surface area contributed by atoms with Crippen LogP contribution in [0, 0.1) is 6.92 Å². The third kappa shape index (κ3) is 4.78. The molecule has 216 valence electrons. The van der Waals surface area contributed by atoms with Gasteiger partial charge in [-0.15, -0.1) is 11.3 Å². The Morgan fingerprint density at radius 3 is 2.62 bits per heavy atom. The fraction of sp³-hybridized carbons (Fsp3) is 0.375. The number of Topliss-reactive ketones (excluding diaryl/α,β-unsaturated/α-hetero) is 1. The zero-order valence-electron chi connectivity index (χ0n) is 23.8. The molecule has 0 unspecified atom stereocenters. The monoisotopic (exact) mass is 583 g/mol. The molecule has 0 amide bonds. The average Bonchev–Trinajstić information content (AvgIpc) is 3.68. The molecule has 1 aromatic carbocycles. The lowest BCUT2D eigenvalue weighted by Gasteiger charge is -2.32. The van der Waals surface area contributed by atoms with E-state index in [1.165, 1.54) is 11.8 Å². The summed E-state index contributed by atoms with van der Waals surface area (Å²) in [5.41, 5.74) is 4.20. The van der Waals surface area contributed by atoms with Gasteiger partial charge in [-0.05, 0) is 56.0 Å². The highest BCUT2D eigenvalue weighted by atomic mass is 32.1. The van der Waals surface area contributed by atoms with Crippen molar-refractivity contribution in [1.82, 2.24) is 19.4 Å². The van der Waals surface area contributed by atoms with Gasteiger partial charge in [0.05, 0.1) is 23.7 Å². The van der Waals surface area contributed by atoms with E-state index in [1.807, 2.05) is 12.1 Å². The molecule has 5 heterocycles. The molecule has 0 spiro atoms. The number of aromatic nitrogens is 3. The van der Waals surface area contributed by atoms with Crippen molar-refractivity contribution in [3.63, 3.8) is 0 Å². The van der Waals surface area contributed by atoms with Gasteiger partial charge in [-0.1, -0.05) is 25.0 Å². The van der Waals surface area contributed by atoms with Crippen molar-refractivity contribution >= 4 is 39.8 Å². The van der Waals surface area contributed by atoms with Crippen LogP contribution in [0.25, 0.3) is 22.2 Å². The Bertz CT molecular complexity index is 1760. The molecule has 0 radical (unpaired) electrons. The first-order valence-corrected chi connectivity index (χ1v) is 15.5. The van der Waals surface area contributed by atoms with Crippen LogP contribution in [0.2, 0.25) is 0 Å². The number of morpholine rings is 1. The molecule has 42 heavy (non-hydrogen) atoms. The molecule has 9 nitrogen and oxygen atoms in total. The standard InChI is InChI=1S/C32H33N5O4S/c1-19-24-17-33-32(35-30(24)37(23-5-3-4-6-23)31(39)28(19)20(2)38)34-22-9-7-21(8-10-22)25-18-42-26-11-12-27(41-29(25)26)36-13-15-40-16-14-36/h7-10,12,17-18,23H,3-6,11,13-16H2,1-2H3,(H,33,34,35). The van der Waals surface area contributed by atoms with Gasteiger partial charge in [0.15, 0.2) is 17.4 Å². The first-order valence-electron chi connectivity index (χ1n) is 14.6. The summed E-state index contributed by atoms with van der Waals surface area (Å²) in [5.74, 6) is 2.04. The van der Waals surface area contributed by atoms with Crippen LogP contribution in [0.3, 0.4) is 0 Å². The number of nitrogens with one attached hydrogen (secondary N) is 1. The predicted molar refractivity (Wildman–Crippen MR) is 164 cm³/mol. The minimum absolute atomic E-state index is 0.0399. The molecule has 2 fully saturated rings. The maximum Gasteiger partial charge on any atom is 0.263 e. The molecule has 1 saturated carbocycles. The van der Waals surface area contributed by atoms with E-state index in [9.17, 15) is 9.59 Å². The lowest BCUT2D eigenvalue weighted by molar-refractivity contribution is 0.0341. The number of fused-ring (bicyclic) bond motifs is 2. The van der Waals surface area contributed by atoms with Gasteiger partial charge < -0.3 is 19.7 Å². The highest BCUT2D eigenvalue weighted by molar-refractivity contribution is 7.10. The zero-order valence-corrected chi connectivity index (χ0v) is 24.6.